The van der Waals surface area contributed by atoms with Crippen molar-refractivity contribution in [3.8, 4) is 0 Å². The van der Waals surface area contributed by atoms with Crippen molar-refractivity contribution in [3.05, 3.63) is 94.5 Å². The highest BCUT2D eigenvalue weighted by Crippen LogP contribution is 2.33. The minimum Gasteiger partial charge on any atom is -0.337 e. The third-order valence-electron chi connectivity index (χ3n) is 5.41. The van der Waals surface area contributed by atoms with E-state index in [2.05, 4.69) is 0 Å². The van der Waals surface area contributed by atoms with Gasteiger partial charge in [-0.3, -0.25) is 9.10 Å². The number of rotatable bonds is 5. The van der Waals surface area contributed by atoms with Gasteiger partial charge < -0.3 is 4.90 Å². The summed E-state index contributed by atoms with van der Waals surface area (Å²) < 4.78 is 27.8. The quantitative estimate of drug-likeness (QED) is 0.558. The first-order valence-electron chi connectivity index (χ1n) is 10.1. The zero-order valence-corrected chi connectivity index (χ0v) is 18.7. The molecule has 0 unspecified atom stereocenters. The molecule has 3 aromatic rings. The van der Waals surface area contributed by atoms with Crippen molar-refractivity contribution >= 4 is 33.2 Å². The van der Waals surface area contributed by atoms with E-state index in [9.17, 15) is 13.2 Å². The second-order valence-corrected chi connectivity index (χ2v) is 9.92. The molecule has 0 aromatic heterocycles. The van der Waals surface area contributed by atoms with Crippen LogP contribution in [0.1, 0.15) is 27.9 Å². The molecule has 5 nitrogen and oxygen atoms in total. The summed E-state index contributed by atoms with van der Waals surface area (Å²) in [6.07, 6.45) is 1.42. The van der Waals surface area contributed by atoms with Gasteiger partial charge in [0.05, 0.1) is 10.6 Å². The van der Waals surface area contributed by atoms with Crippen molar-refractivity contribution in [2.24, 2.45) is 0 Å². The van der Waals surface area contributed by atoms with Gasteiger partial charge in [0.25, 0.3) is 15.9 Å². The number of amides is 1. The zero-order chi connectivity index (χ0) is 22.0. The van der Waals surface area contributed by atoms with Crippen LogP contribution in [0.15, 0.2) is 77.7 Å². The van der Waals surface area contributed by atoms with Crippen molar-refractivity contribution in [3.63, 3.8) is 0 Å². The van der Waals surface area contributed by atoms with Crippen molar-refractivity contribution < 1.29 is 13.2 Å². The number of hydrogen-bond donors (Lipinski definition) is 0. The van der Waals surface area contributed by atoms with Gasteiger partial charge in [-0.15, -0.1) is 0 Å². The van der Waals surface area contributed by atoms with Crippen LogP contribution in [0.4, 0.5) is 5.69 Å². The Labute approximate surface area is 187 Å². The summed E-state index contributed by atoms with van der Waals surface area (Å²) in [4.78, 5) is 14.8. The third-order valence-corrected chi connectivity index (χ3v) is 7.49. The molecule has 0 bridgehead atoms. The predicted octanol–water partition coefficient (Wildman–Crippen LogP) is 4.75. The monoisotopic (exact) mass is 454 g/mol. The summed E-state index contributed by atoms with van der Waals surface area (Å²) in [5.74, 6) is -0.0932. The Morgan fingerprint density at radius 3 is 2.45 bits per heavy atom. The molecule has 31 heavy (non-hydrogen) atoms. The summed E-state index contributed by atoms with van der Waals surface area (Å²) in [6.45, 7) is 0.910. The van der Waals surface area contributed by atoms with Gasteiger partial charge >= 0.3 is 0 Å². The van der Waals surface area contributed by atoms with E-state index in [0.29, 0.717) is 35.8 Å². The molecule has 3 aromatic carbocycles. The van der Waals surface area contributed by atoms with Crippen LogP contribution in [0, 0.1) is 0 Å². The molecular weight excluding hydrogens is 432 g/mol. The molecule has 0 radical (unpaired) electrons. The fourth-order valence-electron chi connectivity index (χ4n) is 3.83. The summed E-state index contributed by atoms with van der Waals surface area (Å²) in [6, 6.07) is 21.3. The van der Waals surface area contributed by atoms with E-state index in [1.807, 2.05) is 36.4 Å². The minimum absolute atomic E-state index is 0.0932. The lowest BCUT2D eigenvalue weighted by Crippen LogP contribution is -2.35. The number of anilines is 1. The van der Waals surface area contributed by atoms with E-state index >= 15 is 0 Å². The van der Waals surface area contributed by atoms with Crippen LogP contribution in [-0.4, -0.2) is 32.8 Å². The van der Waals surface area contributed by atoms with Gasteiger partial charge in [0.2, 0.25) is 0 Å². The maximum atomic E-state index is 13.2. The average Bonchev–Trinajstić information content (AvgIpc) is 2.78. The Morgan fingerprint density at radius 1 is 1.03 bits per heavy atom. The second-order valence-electron chi connectivity index (χ2n) is 7.62. The fourth-order valence-corrected chi connectivity index (χ4v) is 5.50. The summed E-state index contributed by atoms with van der Waals surface area (Å²) in [7, 11) is -1.93. The van der Waals surface area contributed by atoms with Crippen molar-refractivity contribution in [2.75, 3.05) is 17.9 Å². The van der Waals surface area contributed by atoms with E-state index in [0.717, 1.165) is 17.5 Å². The first-order valence-corrected chi connectivity index (χ1v) is 11.9. The Bertz CT molecular complexity index is 1200. The van der Waals surface area contributed by atoms with Gasteiger partial charge in [-0.05, 0) is 66.4 Å². The maximum absolute atomic E-state index is 13.2. The van der Waals surface area contributed by atoms with E-state index < -0.39 is 10.0 Å². The number of benzene rings is 3. The van der Waals surface area contributed by atoms with E-state index in [4.69, 9.17) is 11.6 Å². The molecule has 0 saturated carbocycles. The van der Waals surface area contributed by atoms with E-state index in [-0.39, 0.29) is 10.8 Å². The molecule has 0 atom stereocenters. The van der Waals surface area contributed by atoms with Gasteiger partial charge in [-0.25, -0.2) is 8.42 Å². The molecule has 1 heterocycles. The molecule has 4 rings (SSSR count). The SMILES string of the molecule is CN(Cc1ccccc1)C(=O)c1ccc2c(c1)CCCN2S(=O)(=O)c1ccc(Cl)cc1. The first-order chi connectivity index (χ1) is 14.9. The number of nitrogens with zero attached hydrogens (tertiary/aromatic N) is 2. The Hall–Kier alpha value is -2.83. The predicted molar refractivity (Wildman–Crippen MR) is 123 cm³/mol. The standard InChI is InChI=1S/C24H23ClN2O3S/c1-26(17-18-6-3-2-4-7-18)24(28)20-9-14-23-19(16-20)8-5-15-27(23)31(29,30)22-12-10-21(25)11-13-22/h2-4,6-7,9-14,16H,5,8,15,17H2,1H3. The summed E-state index contributed by atoms with van der Waals surface area (Å²) >= 11 is 5.91. The molecule has 0 fully saturated rings. The van der Waals surface area contributed by atoms with Crippen molar-refractivity contribution in [1.29, 1.82) is 0 Å². The normalized spacial score (nSPS) is 13.5. The summed E-state index contributed by atoms with van der Waals surface area (Å²) in [5.41, 5.74) is 3.10. The van der Waals surface area contributed by atoms with Gasteiger partial charge in [0.15, 0.2) is 0 Å². The number of carbonyl (C=O) groups is 1. The van der Waals surface area contributed by atoms with Crippen LogP contribution in [-0.2, 0) is 23.0 Å². The molecule has 0 saturated heterocycles. The second kappa shape index (κ2) is 8.73. The summed E-state index contributed by atoms with van der Waals surface area (Å²) in [5, 5.41) is 0.487. The van der Waals surface area contributed by atoms with Crippen LogP contribution in [0.2, 0.25) is 5.02 Å². The highest BCUT2D eigenvalue weighted by atomic mass is 35.5. The van der Waals surface area contributed by atoms with Gasteiger partial charge in [0, 0.05) is 30.7 Å². The molecule has 0 aliphatic carbocycles. The molecular formula is C24H23ClN2O3S. The highest BCUT2D eigenvalue weighted by molar-refractivity contribution is 7.92. The average molecular weight is 455 g/mol. The van der Waals surface area contributed by atoms with Crippen LogP contribution < -0.4 is 4.31 Å². The van der Waals surface area contributed by atoms with Crippen LogP contribution >= 0.6 is 11.6 Å². The van der Waals surface area contributed by atoms with Gasteiger partial charge in [-0.2, -0.15) is 0 Å². The lowest BCUT2D eigenvalue weighted by molar-refractivity contribution is 0.0785. The van der Waals surface area contributed by atoms with E-state index in [1.165, 1.54) is 16.4 Å². The van der Waals surface area contributed by atoms with Crippen molar-refractivity contribution in [1.82, 2.24) is 4.90 Å². The number of sulfonamides is 1. The number of fused-ring (bicyclic) bond motifs is 1. The van der Waals surface area contributed by atoms with Crippen molar-refractivity contribution in [2.45, 2.75) is 24.3 Å². The highest BCUT2D eigenvalue weighted by Gasteiger charge is 2.29. The smallest absolute Gasteiger partial charge is 0.264 e. The number of halogens is 1. The van der Waals surface area contributed by atoms with Gasteiger partial charge in [0.1, 0.15) is 0 Å². The lowest BCUT2D eigenvalue weighted by Gasteiger charge is -2.31. The van der Waals surface area contributed by atoms with Gasteiger partial charge in [-0.1, -0.05) is 41.9 Å². The fraction of sp³-hybridized carbons (Fsp3) is 0.208. The first kappa shape index (κ1) is 21.4. The molecule has 0 N–H and O–H groups in total. The topological polar surface area (TPSA) is 57.7 Å². The lowest BCUT2D eigenvalue weighted by atomic mass is 10.00. The van der Waals surface area contributed by atoms with Crippen LogP contribution in [0.5, 0.6) is 0 Å². The zero-order valence-electron chi connectivity index (χ0n) is 17.2. The van der Waals surface area contributed by atoms with E-state index in [1.54, 1.807) is 36.2 Å². The number of carbonyl (C=O) groups excluding carboxylic acids is 1. The molecule has 7 heteroatoms. The molecule has 1 amide bonds. The minimum atomic E-state index is -3.70. The Balaban J connectivity index is 1.60. The van der Waals surface area contributed by atoms with Crippen LogP contribution in [0.25, 0.3) is 0 Å². The molecule has 0 spiro atoms. The number of hydrogen-bond acceptors (Lipinski definition) is 3. The Morgan fingerprint density at radius 2 is 1.74 bits per heavy atom. The number of aryl methyl sites for hydroxylation is 1. The molecule has 1 aliphatic rings. The molecule has 1 aliphatic heterocycles. The third kappa shape index (κ3) is 4.45. The molecule has 160 valence electrons. The van der Waals surface area contributed by atoms with Crippen LogP contribution in [0.3, 0.4) is 0 Å². The maximum Gasteiger partial charge on any atom is 0.264 e. The Kier molecular flexibility index (Phi) is 6.03. The largest absolute Gasteiger partial charge is 0.337 e.